The lowest BCUT2D eigenvalue weighted by molar-refractivity contribution is 0.0979. The molecule has 0 aliphatic heterocycles. The first-order valence-corrected chi connectivity index (χ1v) is 10.3. The summed E-state index contributed by atoms with van der Waals surface area (Å²) < 4.78 is 33.3. The molecule has 0 saturated carbocycles. The highest BCUT2D eigenvalue weighted by atomic mass is 32.2. The van der Waals surface area contributed by atoms with E-state index in [1.165, 1.54) is 42.5 Å². The van der Waals surface area contributed by atoms with Crippen LogP contribution in [-0.2, 0) is 10.1 Å². The molecule has 1 aliphatic rings. The van der Waals surface area contributed by atoms with Gasteiger partial charge in [0.2, 0.25) is 0 Å². The molecule has 0 saturated heterocycles. The largest absolute Gasteiger partial charge is 0.508 e. The summed E-state index contributed by atoms with van der Waals surface area (Å²) in [6, 6.07) is 11.9. The van der Waals surface area contributed by atoms with Crippen LogP contribution in [-0.4, -0.2) is 35.6 Å². The molecule has 3 aromatic carbocycles. The van der Waals surface area contributed by atoms with Crippen molar-refractivity contribution >= 4 is 39.0 Å². The van der Waals surface area contributed by atoms with Crippen molar-refractivity contribution in [2.45, 2.75) is 4.90 Å². The average molecular weight is 438 g/mol. The Bertz CT molecular complexity index is 1390. The van der Waals surface area contributed by atoms with Crippen LogP contribution in [0.1, 0.15) is 42.2 Å². The Labute approximate surface area is 175 Å². The van der Waals surface area contributed by atoms with Crippen LogP contribution in [0.3, 0.4) is 0 Å². The van der Waals surface area contributed by atoms with Crippen LogP contribution in [0.4, 0.5) is 11.4 Å². The van der Waals surface area contributed by atoms with Gasteiger partial charge in [0.15, 0.2) is 11.6 Å². The van der Waals surface area contributed by atoms with Crippen molar-refractivity contribution in [1.29, 1.82) is 0 Å². The molecule has 0 fully saturated rings. The van der Waals surface area contributed by atoms with Gasteiger partial charge in [-0.05, 0) is 30.3 Å². The molecule has 5 N–H and O–H groups in total. The van der Waals surface area contributed by atoms with Gasteiger partial charge < -0.3 is 16.2 Å². The molecule has 0 heterocycles. The smallest absolute Gasteiger partial charge is 0.296 e. The minimum Gasteiger partial charge on any atom is -0.508 e. The number of hydrogen-bond donors (Lipinski definition) is 4. The lowest BCUT2D eigenvalue weighted by atomic mass is 9.82. The second-order valence-electron chi connectivity index (χ2n) is 6.77. The number of carbonyl (C=O) groups is 3. The van der Waals surface area contributed by atoms with E-state index in [0.29, 0.717) is 0 Å². The number of phenolic OH excluding ortho intramolecular Hbond substituents is 1. The number of carbonyl (C=O) groups excluding carboxylic acids is 3. The fraction of sp³-hybridized carbons (Fsp3) is 0. The summed E-state index contributed by atoms with van der Waals surface area (Å²) >= 11 is 0. The zero-order chi connectivity index (χ0) is 22.5. The van der Waals surface area contributed by atoms with Crippen molar-refractivity contribution in [2.75, 3.05) is 11.1 Å². The second-order valence-corrected chi connectivity index (χ2v) is 8.16. The summed E-state index contributed by atoms with van der Waals surface area (Å²) in [5.74, 6) is -2.17. The topological polar surface area (TPSA) is 164 Å². The van der Waals surface area contributed by atoms with Gasteiger partial charge in [0, 0.05) is 16.7 Å². The molecular formula is C21H14N2O7S. The molecule has 0 radical (unpaired) electrons. The molecule has 0 spiro atoms. The van der Waals surface area contributed by atoms with E-state index in [9.17, 15) is 32.5 Å². The van der Waals surface area contributed by atoms with Gasteiger partial charge in [0.1, 0.15) is 10.6 Å². The highest BCUT2D eigenvalue weighted by Gasteiger charge is 2.36. The first-order chi connectivity index (χ1) is 14.6. The van der Waals surface area contributed by atoms with Crippen molar-refractivity contribution < 1.29 is 32.5 Å². The Balaban J connectivity index is 1.95. The van der Waals surface area contributed by atoms with E-state index in [1.54, 1.807) is 6.07 Å². The molecule has 0 aromatic heterocycles. The van der Waals surface area contributed by atoms with Crippen molar-refractivity contribution in [1.82, 2.24) is 0 Å². The predicted molar refractivity (Wildman–Crippen MR) is 110 cm³/mol. The standard InChI is InChI=1S/C21H14N2O7S/c22-18-15(31(28,29)30)9-14(23-21(27)10-5-7-11(24)8-6-10)16-17(18)20(26)13-4-2-1-3-12(13)19(16)25/h1-9,24H,22H2,(H,23,27)(H,28,29,30). The number of nitrogens with two attached hydrogens (primary N) is 1. The molecule has 10 heteroatoms. The van der Waals surface area contributed by atoms with Gasteiger partial charge in [-0.1, -0.05) is 24.3 Å². The van der Waals surface area contributed by atoms with E-state index in [2.05, 4.69) is 5.32 Å². The molecule has 1 amide bonds. The molecule has 0 atom stereocenters. The molecule has 0 unspecified atom stereocenters. The van der Waals surface area contributed by atoms with Crippen LogP contribution < -0.4 is 11.1 Å². The van der Waals surface area contributed by atoms with E-state index in [-0.39, 0.29) is 33.7 Å². The minimum absolute atomic E-state index is 0.0231. The van der Waals surface area contributed by atoms with Gasteiger partial charge in [-0.15, -0.1) is 0 Å². The number of ketones is 2. The van der Waals surface area contributed by atoms with E-state index >= 15 is 0 Å². The molecule has 156 valence electrons. The van der Waals surface area contributed by atoms with E-state index in [4.69, 9.17) is 5.73 Å². The summed E-state index contributed by atoms with van der Waals surface area (Å²) in [7, 11) is -4.89. The van der Waals surface area contributed by atoms with Gasteiger partial charge in [-0.3, -0.25) is 18.9 Å². The van der Waals surface area contributed by atoms with Gasteiger partial charge in [-0.2, -0.15) is 8.42 Å². The van der Waals surface area contributed by atoms with E-state index in [0.717, 1.165) is 6.07 Å². The SMILES string of the molecule is Nc1c(S(=O)(=O)O)cc(NC(=O)c2ccc(O)cc2)c2c1C(=O)c1ccccc1C2=O. The maximum atomic E-state index is 13.1. The lowest BCUT2D eigenvalue weighted by Crippen LogP contribution is -2.26. The van der Waals surface area contributed by atoms with Crippen LogP contribution in [0.25, 0.3) is 0 Å². The zero-order valence-electron chi connectivity index (χ0n) is 15.6. The fourth-order valence-corrected chi connectivity index (χ4v) is 4.06. The lowest BCUT2D eigenvalue weighted by Gasteiger charge is -2.23. The number of phenols is 1. The monoisotopic (exact) mass is 438 g/mol. The molecule has 9 nitrogen and oxygen atoms in total. The number of nitrogen functional groups attached to an aromatic ring is 1. The molecule has 1 aliphatic carbocycles. The van der Waals surface area contributed by atoms with Crippen LogP contribution in [0.5, 0.6) is 5.75 Å². The third-order valence-electron chi connectivity index (χ3n) is 4.86. The summed E-state index contributed by atoms with van der Waals surface area (Å²) in [4.78, 5) is 38.0. The zero-order valence-corrected chi connectivity index (χ0v) is 16.4. The van der Waals surface area contributed by atoms with Gasteiger partial charge >= 0.3 is 0 Å². The van der Waals surface area contributed by atoms with Crippen LogP contribution in [0, 0.1) is 0 Å². The summed E-state index contributed by atoms with van der Waals surface area (Å²) in [6.07, 6.45) is 0. The second kappa shape index (κ2) is 7.04. The predicted octanol–water partition coefficient (Wildman–Crippen LogP) is 2.25. The van der Waals surface area contributed by atoms with E-state index in [1.807, 2.05) is 0 Å². The van der Waals surface area contributed by atoms with Crippen molar-refractivity contribution in [3.8, 4) is 5.75 Å². The Morgan fingerprint density at radius 2 is 1.45 bits per heavy atom. The number of anilines is 2. The average Bonchev–Trinajstić information content (AvgIpc) is 2.72. The maximum absolute atomic E-state index is 13.1. The first kappa shape index (κ1) is 20.3. The summed E-state index contributed by atoms with van der Waals surface area (Å²) in [5, 5.41) is 11.8. The molecule has 3 aromatic rings. The third-order valence-corrected chi connectivity index (χ3v) is 5.75. The van der Waals surface area contributed by atoms with Gasteiger partial charge in [-0.25, -0.2) is 0 Å². The Morgan fingerprint density at radius 1 is 0.903 bits per heavy atom. The number of hydrogen-bond acceptors (Lipinski definition) is 7. The normalized spacial score (nSPS) is 12.8. The number of fused-ring (bicyclic) bond motifs is 2. The molecule has 31 heavy (non-hydrogen) atoms. The number of benzene rings is 3. The highest BCUT2D eigenvalue weighted by molar-refractivity contribution is 7.86. The Morgan fingerprint density at radius 3 is 2.00 bits per heavy atom. The van der Waals surface area contributed by atoms with E-state index < -0.39 is 43.7 Å². The highest BCUT2D eigenvalue weighted by Crippen LogP contribution is 2.39. The van der Waals surface area contributed by atoms with Crippen LogP contribution in [0.15, 0.2) is 59.5 Å². The maximum Gasteiger partial charge on any atom is 0.296 e. The first-order valence-electron chi connectivity index (χ1n) is 8.82. The van der Waals surface area contributed by atoms with Crippen LogP contribution >= 0.6 is 0 Å². The Kier molecular flexibility index (Phi) is 4.60. The van der Waals surface area contributed by atoms with Crippen molar-refractivity contribution in [2.24, 2.45) is 0 Å². The number of aromatic hydroxyl groups is 1. The van der Waals surface area contributed by atoms with Crippen molar-refractivity contribution in [3.05, 3.63) is 82.4 Å². The van der Waals surface area contributed by atoms with Gasteiger partial charge in [0.25, 0.3) is 16.0 Å². The quantitative estimate of drug-likeness (QED) is 0.279. The molecular weight excluding hydrogens is 424 g/mol. The molecule has 0 bridgehead atoms. The Hall–Kier alpha value is -4.02. The number of amides is 1. The minimum atomic E-state index is -4.89. The summed E-state index contributed by atoms with van der Waals surface area (Å²) in [5.41, 5.74) is 4.47. The summed E-state index contributed by atoms with van der Waals surface area (Å²) in [6.45, 7) is 0. The van der Waals surface area contributed by atoms with Crippen LogP contribution in [0.2, 0.25) is 0 Å². The fourth-order valence-electron chi connectivity index (χ4n) is 3.41. The number of nitrogens with one attached hydrogen (secondary N) is 1. The number of rotatable bonds is 3. The molecule has 4 rings (SSSR count). The van der Waals surface area contributed by atoms with Crippen molar-refractivity contribution in [3.63, 3.8) is 0 Å². The third kappa shape index (κ3) is 3.33. The van der Waals surface area contributed by atoms with Gasteiger partial charge in [0.05, 0.1) is 22.5 Å².